The number of nitrogens with one attached hydrogen (secondary N) is 1. The second kappa shape index (κ2) is 7.72. The van der Waals surface area contributed by atoms with E-state index in [1.54, 1.807) is 13.2 Å². The molecule has 0 aliphatic rings. The number of anilines is 1. The summed E-state index contributed by atoms with van der Waals surface area (Å²) in [4.78, 5) is 17.2. The van der Waals surface area contributed by atoms with Crippen LogP contribution in [0.1, 0.15) is 21.5 Å². The summed E-state index contributed by atoms with van der Waals surface area (Å²) < 4.78 is 12.0. The first kappa shape index (κ1) is 19.2. The molecule has 146 valence electrons. The zero-order valence-corrected chi connectivity index (χ0v) is 17.8. The molecule has 0 atom stereocenters. The number of halogens is 1. The average Bonchev–Trinajstić information content (AvgIpc) is 3.10. The number of amides is 1. The summed E-state index contributed by atoms with van der Waals surface area (Å²) in [6, 6.07) is 16.8. The molecule has 0 aliphatic heterocycles. The summed E-state index contributed by atoms with van der Waals surface area (Å²) in [7, 11) is 1.62. The number of rotatable bonds is 4. The fourth-order valence-electron chi connectivity index (χ4n) is 3.24. The smallest absolute Gasteiger partial charge is 0.255 e. The number of hydrogen-bond acceptors (Lipinski definition) is 4. The fraction of sp³-hybridized carbons (Fsp3) is 0.130. The Balaban J connectivity index is 1.61. The third kappa shape index (κ3) is 4.03. The largest absolute Gasteiger partial charge is 0.496 e. The summed E-state index contributed by atoms with van der Waals surface area (Å²) in [6.45, 7) is 3.95. The summed E-state index contributed by atoms with van der Waals surface area (Å²) in [5.41, 5.74) is 5.55. The van der Waals surface area contributed by atoms with Gasteiger partial charge in [-0.2, -0.15) is 0 Å². The van der Waals surface area contributed by atoms with Crippen LogP contribution in [0.2, 0.25) is 0 Å². The standard InChI is InChI=1S/C23H19BrN2O3/c1-13-8-14(2)10-16(9-13)22(27)25-17-5-7-21-19(12-17)26-23(29-21)15-4-6-20(28-3)18(24)11-15/h4-12H,1-3H3,(H,25,27). The van der Waals surface area contributed by atoms with Crippen molar-refractivity contribution in [3.05, 3.63) is 75.8 Å². The minimum absolute atomic E-state index is 0.154. The van der Waals surface area contributed by atoms with Crippen LogP contribution in [0.4, 0.5) is 5.69 Å². The Kier molecular flexibility index (Phi) is 5.11. The highest BCUT2D eigenvalue weighted by atomic mass is 79.9. The minimum atomic E-state index is -0.154. The number of nitrogens with zero attached hydrogens (tertiary/aromatic N) is 1. The molecule has 29 heavy (non-hydrogen) atoms. The maximum Gasteiger partial charge on any atom is 0.255 e. The molecule has 4 rings (SSSR count). The second-order valence-electron chi connectivity index (χ2n) is 6.88. The molecule has 0 spiro atoms. The molecule has 1 aromatic heterocycles. The van der Waals surface area contributed by atoms with Crippen molar-refractivity contribution in [2.24, 2.45) is 0 Å². The molecule has 1 amide bonds. The molecule has 0 radical (unpaired) electrons. The normalized spacial score (nSPS) is 10.9. The Morgan fingerprint density at radius 1 is 1.03 bits per heavy atom. The van der Waals surface area contributed by atoms with Crippen LogP contribution in [-0.4, -0.2) is 18.0 Å². The number of methoxy groups -OCH3 is 1. The van der Waals surface area contributed by atoms with Crippen LogP contribution in [0.15, 0.2) is 63.5 Å². The van der Waals surface area contributed by atoms with Gasteiger partial charge in [-0.25, -0.2) is 4.98 Å². The van der Waals surface area contributed by atoms with Gasteiger partial charge in [0.1, 0.15) is 11.3 Å². The van der Waals surface area contributed by atoms with Crippen molar-refractivity contribution in [2.45, 2.75) is 13.8 Å². The first-order valence-electron chi connectivity index (χ1n) is 9.07. The van der Waals surface area contributed by atoms with E-state index in [2.05, 4.69) is 26.2 Å². The van der Waals surface area contributed by atoms with Gasteiger partial charge in [-0.1, -0.05) is 17.2 Å². The lowest BCUT2D eigenvalue weighted by Gasteiger charge is -2.07. The van der Waals surface area contributed by atoms with Gasteiger partial charge in [0.15, 0.2) is 5.58 Å². The molecule has 6 heteroatoms. The molecule has 0 saturated heterocycles. The van der Waals surface area contributed by atoms with Gasteiger partial charge >= 0.3 is 0 Å². The number of oxazole rings is 1. The molecule has 1 N–H and O–H groups in total. The number of hydrogen-bond donors (Lipinski definition) is 1. The third-order valence-corrected chi connectivity index (χ3v) is 5.15. The molecule has 0 fully saturated rings. The van der Waals surface area contributed by atoms with Crippen LogP contribution >= 0.6 is 15.9 Å². The molecule has 1 heterocycles. The summed E-state index contributed by atoms with van der Waals surface area (Å²) in [6.07, 6.45) is 0. The predicted molar refractivity (Wildman–Crippen MR) is 118 cm³/mol. The summed E-state index contributed by atoms with van der Waals surface area (Å²) in [5.74, 6) is 1.08. The SMILES string of the molecule is COc1ccc(-c2nc3cc(NC(=O)c4cc(C)cc(C)c4)ccc3o2)cc1Br. The Morgan fingerprint density at radius 3 is 2.48 bits per heavy atom. The highest BCUT2D eigenvalue weighted by Crippen LogP contribution is 2.32. The molecule has 3 aromatic carbocycles. The van der Waals surface area contributed by atoms with Crippen LogP contribution in [-0.2, 0) is 0 Å². The maximum absolute atomic E-state index is 12.6. The predicted octanol–water partition coefficient (Wildman–Crippen LogP) is 6.14. The molecule has 0 unspecified atom stereocenters. The first-order chi connectivity index (χ1) is 13.9. The van der Waals surface area contributed by atoms with E-state index in [4.69, 9.17) is 9.15 Å². The van der Waals surface area contributed by atoms with E-state index in [-0.39, 0.29) is 5.91 Å². The molecular weight excluding hydrogens is 432 g/mol. The Labute approximate surface area is 176 Å². The molecule has 5 nitrogen and oxygen atoms in total. The molecule has 4 aromatic rings. The Morgan fingerprint density at radius 2 is 1.79 bits per heavy atom. The van der Waals surface area contributed by atoms with E-state index in [0.717, 1.165) is 26.9 Å². The van der Waals surface area contributed by atoms with E-state index in [1.165, 1.54) is 0 Å². The number of carbonyl (C=O) groups excluding carboxylic acids is 1. The first-order valence-corrected chi connectivity index (χ1v) is 9.86. The van der Waals surface area contributed by atoms with Crippen LogP contribution < -0.4 is 10.1 Å². The van der Waals surface area contributed by atoms with Gasteiger partial charge in [0.25, 0.3) is 5.91 Å². The van der Waals surface area contributed by atoms with Crippen molar-refractivity contribution in [1.29, 1.82) is 0 Å². The number of carbonyl (C=O) groups is 1. The number of aryl methyl sites for hydroxylation is 2. The van der Waals surface area contributed by atoms with Gasteiger partial charge in [0, 0.05) is 16.8 Å². The summed E-state index contributed by atoms with van der Waals surface area (Å²) in [5, 5.41) is 2.93. The highest BCUT2D eigenvalue weighted by molar-refractivity contribution is 9.10. The van der Waals surface area contributed by atoms with Crippen LogP contribution in [0.3, 0.4) is 0 Å². The zero-order chi connectivity index (χ0) is 20.5. The average molecular weight is 451 g/mol. The van der Waals surface area contributed by atoms with Gasteiger partial charge in [0.05, 0.1) is 11.6 Å². The van der Waals surface area contributed by atoms with Crippen LogP contribution in [0.25, 0.3) is 22.6 Å². The number of fused-ring (bicyclic) bond motifs is 1. The van der Waals surface area contributed by atoms with E-state index in [0.29, 0.717) is 28.2 Å². The monoisotopic (exact) mass is 450 g/mol. The van der Waals surface area contributed by atoms with Gasteiger partial charge in [0.2, 0.25) is 5.89 Å². The quantitative estimate of drug-likeness (QED) is 0.405. The van der Waals surface area contributed by atoms with E-state index >= 15 is 0 Å². The molecule has 0 bridgehead atoms. The van der Waals surface area contributed by atoms with Crippen LogP contribution in [0, 0.1) is 13.8 Å². The lowest BCUT2D eigenvalue weighted by molar-refractivity contribution is 0.102. The molecular formula is C23H19BrN2O3. The molecule has 0 aliphatic carbocycles. The maximum atomic E-state index is 12.6. The Hall–Kier alpha value is -3.12. The number of ether oxygens (including phenoxy) is 1. The van der Waals surface area contributed by atoms with Crippen molar-refractivity contribution in [3.8, 4) is 17.2 Å². The van der Waals surface area contributed by atoms with Crippen molar-refractivity contribution in [3.63, 3.8) is 0 Å². The topological polar surface area (TPSA) is 64.4 Å². The van der Waals surface area contributed by atoms with Gasteiger partial charge < -0.3 is 14.5 Å². The van der Waals surface area contributed by atoms with Gasteiger partial charge in [-0.05, 0) is 78.3 Å². The zero-order valence-electron chi connectivity index (χ0n) is 16.2. The van der Waals surface area contributed by atoms with E-state index < -0.39 is 0 Å². The van der Waals surface area contributed by atoms with E-state index in [9.17, 15) is 4.79 Å². The minimum Gasteiger partial charge on any atom is -0.496 e. The lowest BCUT2D eigenvalue weighted by atomic mass is 10.1. The van der Waals surface area contributed by atoms with E-state index in [1.807, 2.05) is 62.4 Å². The third-order valence-electron chi connectivity index (χ3n) is 4.53. The van der Waals surface area contributed by atoms with Gasteiger partial charge in [-0.3, -0.25) is 4.79 Å². The second-order valence-corrected chi connectivity index (χ2v) is 7.74. The van der Waals surface area contributed by atoms with Crippen LogP contribution in [0.5, 0.6) is 5.75 Å². The summed E-state index contributed by atoms with van der Waals surface area (Å²) >= 11 is 3.48. The van der Waals surface area contributed by atoms with Crippen molar-refractivity contribution in [2.75, 3.05) is 12.4 Å². The highest BCUT2D eigenvalue weighted by Gasteiger charge is 2.13. The van der Waals surface area contributed by atoms with Gasteiger partial charge in [-0.15, -0.1) is 0 Å². The molecule has 0 saturated carbocycles. The Bertz CT molecular complexity index is 1210. The van der Waals surface area contributed by atoms with Crippen molar-refractivity contribution < 1.29 is 13.9 Å². The fourth-order valence-corrected chi connectivity index (χ4v) is 3.78. The number of benzene rings is 3. The lowest BCUT2D eigenvalue weighted by Crippen LogP contribution is -2.12. The van der Waals surface area contributed by atoms with Crippen molar-refractivity contribution >= 4 is 38.6 Å². The number of aromatic nitrogens is 1. The van der Waals surface area contributed by atoms with Crippen molar-refractivity contribution in [1.82, 2.24) is 4.98 Å².